The largest absolute Gasteiger partial charge is 0.137 e. The first-order valence-electron chi connectivity index (χ1n) is 3.90. The molecule has 0 amide bonds. The van der Waals surface area contributed by atoms with Gasteiger partial charge in [-0.05, 0) is 24.4 Å². The van der Waals surface area contributed by atoms with Gasteiger partial charge >= 0.3 is 0 Å². The molecule has 0 nitrogen and oxygen atoms in total. The van der Waals surface area contributed by atoms with E-state index < -0.39 is 0 Å². The predicted octanol–water partition coefficient (Wildman–Crippen LogP) is 2.93. The molecule has 0 radical (unpaired) electrons. The molecule has 0 aliphatic rings. The van der Waals surface area contributed by atoms with Crippen LogP contribution in [0.15, 0.2) is 0 Å². The Bertz CT molecular complexity index is 53.6. The zero-order chi connectivity index (χ0) is 7.28. The van der Waals surface area contributed by atoms with Crippen molar-refractivity contribution in [2.75, 3.05) is 6.16 Å². The second-order valence-electron chi connectivity index (χ2n) is 3.09. The van der Waals surface area contributed by atoms with Gasteiger partial charge in [0, 0.05) is 0 Å². The maximum atomic E-state index is 2.80. The van der Waals surface area contributed by atoms with E-state index in [9.17, 15) is 0 Å². The number of hydrogen-bond donors (Lipinski definition) is 0. The Hall–Kier alpha value is 0.430. The Labute approximate surface area is 61.6 Å². The molecule has 0 aromatic carbocycles. The highest BCUT2D eigenvalue weighted by Gasteiger charge is 2.03. The molecule has 3 unspecified atom stereocenters. The molecule has 0 saturated heterocycles. The molecule has 0 aliphatic heterocycles. The molecule has 0 heterocycles. The molecular weight excluding hydrogens is 127 g/mol. The van der Waals surface area contributed by atoms with Crippen molar-refractivity contribution in [1.29, 1.82) is 0 Å². The molecule has 0 aromatic rings. The zero-order valence-corrected chi connectivity index (χ0v) is 8.01. The van der Waals surface area contributed by atoms with Crippen molar-refractivity contribution in [3.63, 3.8) is 0 Å². The fraction of sp³-hybridized carbons (Fsp3) is 1.00. The molecule has 3 atom stereocenters. The molecular formula is C8H19P. The highest BCUT2D eigenvalue weighted by Crippen LogP contribution is 2.15. The van der Waals surface area contributed by atoms with Crippen molar-refractivity contribution < 1.29 is 0 Å². The van der Waals surface area contributed by atoms with Gasteiger partial charge in [0.05, 0.1) is 0 Å². The van der Waals surface area contributed by atoms with Gasteiger partial charge in [0.1, 0.15) is 0 Å². The molecule has 1 heteroatoms. The van der Waals surface area contributed by atoms with Crippen LogP contribution in [0.4, 0.5) is 0 Å². The van der Waals surface area contributed by atoms with Crippen LogP contribution in [0.5, 0.6) is 0 Å². The molecule has 0 fully saturated rings. The summed E-state index contributed by atoms with van der Waals surface area (Å²) in [5.74, 6) is 1.81. The molecule has 0 aliphatic carbocycles. The van der Waals surface area contributed by atoms with Gasteiger partial charge in [0.15, 0.2) is 0 Å². The molecule has 0 bridgehead atoms. The summed E-state index contributed by atoms with van der Waals surface area (Å²) >= 11 is 0. The quantitative estimate of drug-likeness (QED) is 0.535. The van der Waals surface area contributed by atoms with Crippen LogP contribution in [-0.2, 0) is 0 Å². The van der Waals surface area contributed by atoms with Crippen LogP contribution in [0, 0.1) is 11.8 Å². The third-order valence-corrected chi connectivity index (χ3v) is 2.71. The fourth-order valence-corrected chi connectivity index (χ4v) is 1.14. The van der Waals surface area contributed by atoms with Crippen molar-refractivity contribution >= 4 is 9.24 Å². The van der Waals surface area contributed by atoms with Gasteiger partial charge in [-0.2, -0.15) is 0 Å². The van der Waals surface area contributed by atoms with E-state index >= 15 is 0 Å². The molecule has 0 saturated carbocycles. The summed E-state index contributed by atoms with van der Waals surface area (Å²) in [6, 6.07) is 0. The summed E-state index contributed by atoms with van der Waals surface area (Å²) in [6.45, 7) is 6.91. The number of rotatable bonds is 4. The summed E-state index contributed by atoms with van der Waals surface area (Å²) in [5.41, 5.74) is 0. The summed E-state index contributed by atoms with van der Waals surface area (Å²) in [5, 5.41) is 0. The minimum atomic E-state index is 0.893. The van der Waals surface area contributed by atoms with Crippen LogP contribution in [0.25, 0.3) is 0 Å². The lowest BCUT2D eigenvalue weighted by Crippen LogP contribution is -2.02. The second-order valence-corrected chi connectivity index (χ2v) is 3.56. The van der Waals surface area contributed by atoms with Gasteiger partial charge in [-0.3, -0.25) is 0 Å². The monoisotopic (exact) mass is 146 g/mol. The molecule has 0 rings (SSSR count). The average Bonchev–Trinajstić information content (AvgIpc) is 1.87. The molecule has 9 heavy (non-hydrogen) atoms. The first-order valence-corrected chi connectivity index (χ1v) is 4.72. The van der Waals surface area contributed by atoms with Crippen molar-refractivity contribution in [3.05, 3.63) is 0 Å². The van der Waals surface area contributed by atoms with E-state index in [1.165, 1.54) is 19.0 Å². The van der Waals surface area contributed by atoms with E-state index in [2.05, 4.69) is 30.0 Å². The van der Waals surface area contributed by atoms with Crippen LogP contribution in [0.2, 0.25) is 0 Å². The van der Waals surface area contributed by atoms with E-state index in [4.69, 9.17) is 0 Å². The smallest absolute Gasteiger partial charge is 0.0355 e. The lowest BCUT2D eigenvalue weighted by atomic mass is 9.97. The Balaban J connectivity index is 3.22. The third kappa shape index (κ3) is 4.90. The van der Waals surface area contributed by atoms with Crippen LogP contribution in [0.3, 0.4) is 0 Å². The Kier molecular flexibility index (Phi) is 5.48. The van der Waals surface area contributed by atoms with Crippen LogP contribution in [-0.4, -0.2) is 6.16 Å². The standard InChI is InChI=1S/C8H19P/c1-4-7(2)5-8(3)6-9/h7-8H,4-6,9H2,1-3H3. The molecule has 56 valence electrons. The second kappa shape index (κ2) is 5.23. The van der Waals surface area contributed by atoms with E-state index in [1.54, 1.807) is 0 Å². The molecule has 0 spiro atoms. The van der Waals surface area contributed by atoms with Crippen molar-refractivity contribution in [2.45, 2.75) is 33.6 Å². The van der Waals surface area contributed by atoms with Crippen LogP contribution >= 0.6 is 9.24 Å². The van der Waals surface area contributed by atoms with Gasteiger partial charge in [0.2, 0.25) is 0 Å². The average molecular weight is 146 g/mol. The van der Waals surface area contributed by atoms with E-state index in [0.717, 1.165) is 11.8 Å². The minimum absolute atomic E-state index is 0.893. The Morgan fingerprint density at radius 2 is 1.78 bits per heavy atom. The predicted molar refractivity (Wildman–Crippen MR) is 47.8 cm³/mol. The van der Waals surface area contributed by atoms with Crippen LogP contribution in [0.1, 0.15) is 33.6 Å². The van der Waals surface area contributed by atoms with Gasteiger partial charge in [-0.25, -0.2) is 0 Å². The highest BCUT2D eigenvalue weighted by atomic mass is 31.0. The zero-order valence-electron chi connectivity index (χ0n) is 6.85. The lowest BCUT2D eigenvalue weighted by Gasteiger charge is -2.12. The number of hydrogen-bond acceptors (Lipinski definition) is 0. The minimum Gasteiger partial charge on any atom is -0.137 e. The van der Waals surface area contributed by atoms with Crippen LogP contribution < -0.4 is 0 Å². The normalized spacial score (nSPS) is 17.3. The Morgan fingerprint density at radius 3 is 2.11 bits per heavy atom. The van der Waals surface area contributed by atoms with Gasteiger partial charge in [-0.15, -0.1) is 9.24 Å². The lowest BCUT2D eigenvalue weighted by molar-refractivity contribution is 0.433. The third-order valence-electron chi connectivity index (χ3n) is 1.90. The summed E-state index contributed by atoms with van der Waals surface area (Å²) < 4.78 is 0. The first-order chi connectivity index (χ1) is 4.20. The van der Waals surface area contributed by atoms with E-state index in [-0.39, 0.29) is 0 Å². The first kappa shape index (κ1) is 9.43. The van der Waals surface area contributed by atoms with E-state index in [0.29, 0.717) is 0 Å². The Morgan fingerprint density at radius 1 is 1.22 bits per heavy atom. The van der Waals surface area contributed by atoms with Crippen molar-refractivity contribution in [3.8, 4) is 0 Å². The summed E-state index contributed by atoms with van der Waals surface area (Å²) in [4.78, 5) is 0. The van der Waals surface area contributed by atoms with E-state index in [1.807, 2.05) is 0 Å². The van der Waals surface area contributed by atoms with Gasteiger partial charge in [0.25, 0.3) is 0 Å². The maximum absolute atomic E-state index is 2.80. The topological polar surface area (TPSA) is 0 Å². The van der Waals surface area contributed by atoms with Crippen molar-refractivity contribution in [1.82, 2.24) is 0 Å². The molecule has 0 aromatic heterocycles. The van der Waals surface area contributed by atoms with Crippen molar-refractivity contribution in [2.24, 2.45) is 11.8 Å². The maximum Gasteiger partial charge on any atom is -0.0355 e. The van der Waals surface area contributed by atoms with Gasteiger partial charge in [-0.1, -0.05) is 27.2 Å². The molecule has 0 N–H and O–H groups in total. The SMILES string of the molecule is CCC(C)CC(C)CP. The highest BCUT2D eigenvalue weighted by molar-refractivity contribution is 7.16. The fourth-order valence-electron chi connectivity index (χ4n) is 0.950. The summed E-state index contributed by atoms with van der Waals surface area (Å²) in [7, 11) is 2.80. The van der Waals surface area contributed by atoms with Gasteiger partial charge < -0.3 is 0 Å². The summed E-state index contributed by atoms with van der Waals surface area (Å²) in [6.07, 6.45) is 3.97.